The molecular formula is C15H24N2O. The Morgan fingerprint density at radius 1 is 1.44 bits per heavy atom. The van der Waals surface area contributed by atoms with Gasteiger partial charge in [0.15, 0.2) is 0 Å². The number of hydrogen-bond acceptors (Lipinski definition) is 2. The molecule has 0 aromatic carbocycles. The van der Waals surface area contributed by atoms with E-state index in [-0.39, 0.29) is 6.04 Å². The van der Waals surface area contributed by atoms with Gasteiger partial charge in [-0.3, -0.25) is 4.99 Å². The fourth-order valence-corrected chi connectivity index (χ4v) is 2.63. The lowest BCUT2D eigenvalue weighted by atomic mass is 9.88. The van der Waals surface area contributed by atoms with Gasteiger partial charge in [-0.1, -0.05) is 19.3 Å². The summed E-state index contributed by atoms with van der Waals surface area (Å²) in [6, 6.07) is 4.23. The lowest BCUT2D eigenvalue weighted by molar-refractivity contribution is 0.434. The number of nitrogens with zero attached hydrogens (tertiary/aromatic N) is 1. The molecule has 1 fully saturated rings. The summed E-state index contributed by atoms with van der Waals surface area (Å²) in [6.07, 6.45) is 10.1. The number of hydrogen-bond donors (Lipinski definition) is 1. The SMILES string of the molecule is CC(CCc1ccco1)N=C(N)C1CCCCC1. The molecule has 0 spiro atoms. The van der Waals surface area contributed by atoms with Crippen LogP contribution in [0.5, 0.6) is 0 Å². The van der Waals surface area contributed by atoms with Gasteiger partial charge in [0.05, 0.1) is 12.1 Å². The van der Waals surface area contributed by atoms with Gasteiger partial charge in [-0.2, -0.15) is 0 Å². The molecule has 1 atom stereocenters. The van der Waals surface area contributed by atoms with Gasteiger partial charge in [-0.15, -0.1) is 0 Å². The summed E-state index contributed by atoms with van der Waals surface area (Å²) in [5.74, 6) is 2.44. The van der Waals surface area contributed by atoms with E-state index in [9.17, 15) is 0 Å². The van der Waals surface area contributed by atoms with Crippen molar-refractivity contribution < 1.29 is 4.42 Å². The maximum Gasteiger partial charge on any atom is 0.103 e. The molecule has 0 bridgehead atoms. The minimum atomic E-state index is 0.289. The fourth-order valence-electron chi connectivity index (χ4n) is 2.63. The van der Waals surface area contributed by atoms with E-state index in [0.29, 0.717) is 5.92 Å². The van der Waals surface area contributed by atoms with Crippen molar-refractivity contribution in [2.75, 3.05) is 0 Å². The Labute approximate surface area is 109 Å². The summed E-state index contributed by atoms with van der Waals surface area (Å²) < 4.78 is 5.33. The first-order valence-corrected chi connectivity index (χ1v) is 7.11. The molecule has 100 valence electrons. The molecule has 1 unspecified atom stereocenters. The zero-order valence-corrected chi connectivity index (χ0v) is 11.3. The van der Waals surface area contributed by atoms with Crippen LogP contribution in [0.1, 0.15) is 51.2 Å². The molecule has 0 saturated heterocycles. The van der Waals surface area contributed by atoms with Gasteiger partial charge < -0.3 is 10.2 Å². The number of amidine groups is 1. The average Bonchev–Trinajstić information content (AvgIpc) is 2.90. The van der Waals surface area contributed by atoms with Crippen molar-refractivity contribution in [1.82, 2.24) is 0 Å². The second-order valence-electron chi connectivity index (χ2n) is 5.36. The van der Waals surface area contributed by atoms with Gasteiger partial charge in [0.25, 0.3) is 0 Å². The summed E-state index contributed by atoms with van der Waals surface area (Å²) in [5, 5.41) is 0. The largest absolute Gasteiger partial charge is 0.469 e. The second-order valence-corrected chi connectivity index (χ2v) is 5.36. The smallest absolute Gasteiger partial charge is 0.103 e. The van der Waals surface area contributed by atoms with E-state index in [1.165, 1.54) is 32.1 Å². The van der Waals surface area contributed by atoms with Crippen molar-refractivity contribution in [3.8, 4) is 0 Å². The van der Waals surface area contributed by atoms with Crippen LogP contribution in [0.15, 0.2) is 27.8 Å². The van der Waals surface area contributed by atoms with Crippen molar-refractivity contribution in [3.63, 3.8) is 0 Å². The number of aryl methyl sites for hydroxylation is 1. The maximum atomic E-state index is 6.12. The molecule has 0 radical (unpaired) electrons. The fraction of sp³-hybridized carbons (Fsp3) is 0.667. The average molecular weight is 248 g/mol. The molecule has 1 aliphatic carbocycles. The summed E-state index contributed by atoms with van der Waals surface area (Å²) in [5.41, 5.74) is 6.12. The molecule has 1 aromatic heterocycles. The lowest BCUT2D eigenvalue weighted by Gasteiger charge is -2.21. The first kappa shape index (κ1) is 13.2. The van der Waals surface area contributed by atoms with E-state index in [1.54, 1.807) is 6.26 Å². The highest BCUT2D eigenvalue weighted by atomic mass is 16.3. The molecule has 3 nitrogen and oxygen atoms in total. The van der Waals surface area contributed by atoms with Crippen LogP contribution in [0.2, 0.25) is 0 Å². The van der Waals surface area contributed by atoms with Crippen LogP contribution in [0, 0.1) is 5.92 Å². The Kier molecular flexibility index (Phi) is 4.85. The predicted molar refractivity (Wildman–Crippen MR) is 74.7 cm³/mol. The van der Waals surface area contributed by atoms with Gasteiger partial charge >= 0.3 is 0 Å². The molecule has 1 heterocycles. The molecule has 18 heavy (non-hydrogen) atoms. The van der Waals surface area contributed by atoms with E-state index in [2.05, 4.69) is 11.9 Å². The maximum absolute atomic E-state index is 6.12. The molecule has 1 saturated carbocycles. The van der Waals surface area contributed by atoms with Crippen molar-refractivity contribution in [3.05, 3.63) is 24.2 Å². The Morgan fingerprint density at radius 2 is 2.22 bits per heavy atom. The molecule has 2 rings (SSSR count). The third-order valence-electron chi connectivity index (χ3n) is 3.78. The number of rotatable bonds is 5. The third kappa shape index (κ3) is 3.90. The van der Waals surface area contributed by atoms with Crippen molar-refractivity contribution in [2.45, 2.75) is 57.9 Å². The lowest BCUT2D eigenvalue weighted by Crippen LogP contribution is -2.27. The van der Waals surface area contributed by atoms with Crippen LogP contribution in [0.3, 0.4) is 0 Å². The first-order chi connectivity index (χ1) is 8.75. The van der Waals surface area contributed by atoms with Crippen LogP contribution in [0.4, 0.5) is 0 Å². The predicted octanol–water partition coefficient (Wildman–Crippen LogP) is 3.54. The monoisotopic (exact) mass is 248 g/mol. The van der Waals surface area contributed by atoms with Gasteiger partial charge in [0.1, 0.15) is 5.76 Å². The first-order valence-electron chi connectivity index (χ1n) is 7.11. The summed E-state index contributed by atoms with van der Waals surface area (Å²) >= 11 is 0. The molecule has 1 aromatic rings. The molecular weight excluding hydrogens is 224 g/mol. The van der Waals surface area contributed by atoms with Crippen LogP contribution >= 0.6 is 0 Å². The normalized spacial score (nSPS) is 19.9. The standard InChI is InChI=1S/C15H24N2O/c1-12(9-10-14-8-5-11-18-14)17-15(16)13-6-3-2-4-7-13/h5,8,11-13H,2-4,6-7,9-10H2,1H3,(H2,16,17). The second kappa shape index (κ2) is 6.62. The number of nitrogens with two attached hydrogens (primary N) is 1. The van der Waals surface area contributed by atoms with Crippen LogP contribution in [-0.2, 0) is 6.42 Å². The van der Waals surface area contributed by atoms with Crippen LogP contribution in [-0.4, -0.2) is 11.9 Å². The van der Waals surface area contributed by atoms with Gasteiger partial charge in [0, 0.05) is 18.4 Å². The van der Waals surface area contributed by atoms with Crippen LogP contribution in [0.25, 0.3) is 0 Å². The van der Waals surface area contributed by atoms with E-state index in [0.717, 1.165) is 24.4 Å². The van der Waals surface area contributed by atoms with Crippen molar-refractivity contribution in [1.29, 1.82) is 0 Å². The summed E-state index contributed by atoms with van der Waals surface area (Å²) in [7, 11) is 0. The highest BCUT2D eigenvalue weighted by Gasteiger charge is 2.17. The van der Waals surface area contributed by atoms with Crippen molar-refractivity contribution >= 4 is 5.84 Å². The molecule has 0 amide bonds. The number of furan rings is 1. The topological polar surface area (TPSA) is 51.5 Å². The Morgan fingerprint density at radius 3 is 2.89 bits per heavy atom. The van der Waals surface area contributed by atoms with Crippen LogP contribution < -0.4 is 5.73 Å². The highest BCUT2D eigenvalue weighted by Crippen LogP contribution is 2.24. The minimum absolute atomic E-state index is 0.289. The number of aliphatic imine (C=N–C) groups is 1. The molecule has 2 N–H and O–H groups in total. The summed E-state index contributed by atoms with van der Waals surface area (Å²) in [4.78, 5) is 4.65. The Bertz CT molecular complexity index is 364. The van der Waals surface area contributed by atoms with E-state index < -0.39 is 0 Å². The van der Waals surface area contributed by atoms with E-state index in [4.69, 9.17) is 10.2 Å². The Balaban J connectivity index is 1.79. The van der Waals surface area contributed by atoms with Crippen molar-refractivity contribution in [2.24, 2.45) is 16.6 Å². The molecule has 0 aliphatic heterocycles. The van der Waals surface area contributed by atoms with Gasteiger partial charge in [-0.05, 0) is 38.3 Å². The third-order valence-corrected chi connectivity index (χ3v) is 3.78. The Hall–Kier alpha value is -1.25. The van der Waals surface area contributed by atoms with Gasteiger partial charge in [-0.25, -0.2) is 0 Å². The van der Waals surface area contributed by atoms with E-state index in [1.807, 2.05) is 12.1 Å². The van der Waals surface area contributed by atoms with E-state index >= 15 is 0 Å². The minimum Gasteiger partial charge on any atom is -0.469 e. The highest BCUT2D eigenvalue weighted by molar-refractivity contribution is 5.83. The quantitative estimate of drug-likeness (QED) is 0.640. The molecule has 3 heteroatoms. The molecule has 1 aliphatic rings. The zero-order chi connectivity index (χ0) is 12.8. The van der Waals surface area contributed by atoms with Gasteiger partial charge in [0.2, 0.25) is 0 Å². The zero-order valence-electron chi connectivity index (χ0n) is 11.3. The summed E-state index contributed by atoms with van der Waals surface area (Å²) in [6.45, 7) is 2.14.